The summed E-state index contributed by atoms with van der Waals surface area (Å²) in [5.41, 5.74) is 0. The lowest BCUT2D eigenvalue weighted by Crippen LogP contribution is -2.41. The van der Waals surface area contributed by atoms with E-state index in [1.807, 2.05) is 0 Å². The summed E-state index contributed by atoms with van der Waals surface area (Å²) >= 11 is 3.16. The second kappa shape index (κ2) is 6.99. The molecule has 0 fully saturated rings. The van der Waals surface area contributed by atoms with Crippen molar-refractivity contribution in [1.29, 1.82) is 0 Å². The molecule has 1 aromatic carbocycles. The maximum Gasteiger partial charge on any atom is 0.321 e. The highest BCUT2D eigenvalue weighted by molar-refractivity contribution is 9.10. The Labute approximate surface area is 120 Å². The summed E-state index contributed by atoms with van der Waals surface area (Å²) in [6.45, 7) is 0.151. The zero-order chi connectivity index (χ0) is 14.5. The van der Waals surface area contributed by atoms with Gasteiger partial charge >= 0.3 is 5.97 Å². The highest BCUT2D eigenvalue weighted by atomic mass is 79.9. The molecule has 0 aromatic heterocycles. The van der Waals surface area contributed by atoms with Crippen molar-refractivity contribution in [3.63, 3.8) is 0 Å². The number of nitrogens with one attached hydrogen (secondary N) is 1. The van der Waals surface area contributed by atoms with Gasteiger partial charge in [-0.2, -0.15) is 4.72 Å². The van der Waals surface area contributed by atoms with Gasteiger partial charge in [0.1, 0.15) is 6.04 Å². The minimum atomic E-state index is -3.87. The molecule has 0 aliphatic carbocycles. The summed E-state index contributed by atoms with van der Waals surface area (Å²) < 4.78 is 31.5. The maximum atomic E-state index is 12.0. The fourth-order valence-corrected chi connectivity index (χ4v) is 3.18. The average molecular weight is 352 g/mol. The average Bonchev–Trinajstić information content (AvgIpc) is 2.34. The van der Waals surface area contributed by atoms with Crippen molar-refractivity contribution in [2.75, 3.05) is 13.7 Å². The van der Waals surface area contributed by atoms with Crippen LogP contribution in [0, 0.1) is 0 Å². The Morgan fingerprint density at radius 3 is 2.74 bits per heavy atom. The number of benzene rings is 1. The van der Waals surface area contributed by atoms with Crippen molar-refractivity contribution in [1.82, 2.24) is 4.72 Å². The molecule has 1 atom stereocenters. The predicted molar refractivity (Wildman–Crippen MR) is 72.4 cm³/mol. The van der Waals surface area contributed by atoms with E-state index in [4.69, 9.17) is 9.84 Å². The first-order valence-corrected chi connectivity index (χ1v) is 7.64. The van der Waals surface area contributed by atoms with E-state index in [2.05, 4.69) is 20.7 Å². The van der Waals surface area contributed by atoms with Gasteiger partial charge in [-0.15, -0.1) is 0 Å². The van der Waals surface area contributed by atoms with Crippen LogP contribution in [0.15, 0.2) is 33.6 Å². The lowest BCUT2D eigenvalue weighted by atomic mass is 10.2. The fourth-order valence-electron chi connectivity index (χ4n) is 1.36. The van der Waals surface area contributed by atoms with E-state index in [0.29, 0.717) is 4.47 Å². The summed E-state index contributed by atoms with van der Waals surface area (Å²) in [6, 6.07) is 4.81. The van der Waals surface area contributed by atoms with Gasteiger partial charge in [-0.1, -0.05) is 22.0 Å². The topological polar surface area (TPSA) is 92.7 Å². The molecule has 8 heteroatoms. The van der Waals surface area contributed by atoms with E-state index in [9.17, 15) is 13.2 Å². The maximum absolute atomic E-state index is 12.0. The zero-order valence-corrected chi connectivity index (χ0v) is 12.6. The van der Waals surface area contributed by atoms with E-state index in [-0.39, 0.29) is 17.9 Å². The summed E-state index contributed by atoms with van der Waals surface area (Å²) in [7, 11) is -2.46. The number of methoxy groups -OCH3 is 1. The SMILES string of the molecule is COCCC(NS(=O)(=O)c1cccc(Br)c1)C(=O)O. The van der Waals surface area contributed by atoms with Gasteiger partial charge in [-0.3, -0.25) is 4.79 Å². The van der Waals surface area contributed by atoms with Gasteiger partial charge in [-0.05, 0) is 24.6 Å². The highest BCUT2D eigenvalue weighted by Crippen LogP contribution is 2.16. The minimum Gasteiger partial charge on any atom is -0.480 e. The first-order chi connectivity index (χ1) is 8.86. The van der Waals surface area contributed by atoms with Crippen LogP contribution in [0.5, 0.6) is 0 Å². The van der Waals surface area contributed by atoms with Crippen molar-refractivity contribution in [2.45, 2.75) is 17.4 Å². The lowest BCUT2D eigenvalue weighted by molar-refractivity contribution is -0.139. The monoisotopic (exact) mass is 351 g/mol. The third-order valence-electron chi connectivity index (χ3n) is 2.31. The number of sulfonamides is 1. The Hall–Kier alpha value is -0.960. The smallest absolute Gasteiger partial charge is 0.321 e. The number of hydrogen-bond acceptors (Lipinski definition) is 4. The normalized spacial score (nSPS) is 13.2. The Morgan fingerprint density at radius 2 is 2.21 bits per heavy atom. The van der Waals surface area contributed by atoms with Gasteiger partial charge in [0.05, 0.1) is 4.90 Å². The van der Waals surface area contributed by atoms with Crippen LogP contribution >= 0.6 is 15.9 Å². The van der Waals surface area contributed by atoms with E-state index in [1.54, 1.807) is 12.1 Å². The standard InChI is InChI=1S/C11H14BrNO5S/c1-18-6-5-10(11(14)15)13-19(16,17)9-4-2-3-8(12)7-9/h2-4,7,10,13H,5-6H2,1H3,(H,14,15). The largest absolute Gasteiger partial charge is 0.480 e. The van der Waals surface area contributed by atoms with Crippen molar-refractivity contribution in [2.24, 2.45) is 0 Å². The molecule has 0 radical (unpaired) electrons. The predicted octanol–water partition coefficient (Wildman–Crippen LogP) is 1.22. The third-order valence-corrected chi connectivity index (χ3v) is 4.28. The number of rotatable bonds is 7. The number of ether oxygens (including phenoxy) is 1. The van der Waals surface area contributed by atoms with Gasteiger partial charge in [0, 0.05) is 18.2 Å². The summed E-state index contributed by atoms with van der Waals surface area (Å²) in [5, 5.41) is 8.97. The quantitative estimate of drug-likeness (QED) is 0.770. The molecule has 1 rings (SSSR count). The van der Waals surface area contributed by atoms with Crippen LogP contribution in [0.4, 0.5) is 0 Å². The summed E-state index contributed by atoms with van der Waals surface area (Å²) in [5.74, 6) is -1.24. The van der Waals surface area contributed by atoms with Crippen molar-refractivity contribution in [3.8, 4) is 0 Å². The van der Waals surface area contributed by atoms with Crippen LogP contribution < -0.4 is 4.72 Å². The number of carboxylic acids is 1. The molecule has 0 saturated carbocycles. The minimum absolute atomic E-state index is 0.00513. The van der Waals surface area contributed by atoms with Crippen LogP contribution in [-0.2, 0) is 19.6 Å². The fraction of sp³-hybridized carbons (Fsp3) is 0.364. The van der Waals surface area contributed by atoms with Crippen LogP contribution in [-0.4, -0.2) is 39.3 Å². The van der Waals surface area contributed by atoms with E-state index in [0.717, 1.165) is 0 Å². The molecule has 19 heavy (non-hydrogen) atoms. The van der Waals surface area contributed by atoms with E-state index < -0.39 is 22.0 Å². The molecule has 0 bridgehead atoms. The first-order valence-electron chi connectivity index (χ1n) is 5.36. The molecule has 0 amide bonds. The van der Waals surface area contributed by atoms with Gasteiger partial charge < -0.3 is 9.84 Å². The van der Waals surface area contributed by atoms with Crippen molar-refractivity contribution < 1.29 is 23.1 Å². The van der Waals surface area contributed by atoms with Crippen molar-refractivity contribution >= 4 is 31.9 Å². The van der Waals surface area contributed by atoms with Gasteiger partial charge in [-0.25, -0.2) is 8.42 Å². The summed E-state index contributed by atoms with van der Waals surface area (Å²) in [6.07, 6.45) is 0.0546. The van der Waals surface area contributed by atoms with Gasteiger partial charge in [0.2, 0.25) is 10.0 Å². The first kappa shape index (κ1) is 16.1. The second-order valence-electron chi connectivity index (χ2n) is 3.75. The van der Waals surface area contributed by atoms with Crippen molar-refractivity contribution in [3.05, 3.63) is 28.7 Å². The van der Waals surface area contributed by atoms with Crippen LogP contribution in [0.1, 0.15) is 6.42 Å². The van der Waals surface area contributed by atoms with Crippen LogP contribution in [0.25, 0.3) is 0 Å². The molecule has 106 valence electrons. The van der Waals surface area contributed by atoms with E-state index >= 15 is 0 Å². The van der Waals surface area contributed by atoms with Crippen LogP contribution in [0.2, 0.25) is 0 Å². The number of carbonyl (C=O) groups is 1. The van der Waals surface area contributed by atoms with E-state index in [1.165, 1.54) is 19.2 Å². The Bertz CT molecular complexity index is 546. The highest BCUT2D eigenvalue weighted by Gasteiger charge is 2.25. The molecule has 0 spiro atoms. The molecule has 6 nitrogen and oxygen atoms in total. The molecule has 0 aliphatic rings. The third kappa shape index (κ3) is 4.90. The molecular formula is C11H14BrNO5S. The number of carboxylic acid groups (broad SMARTS) is 1. The molecule has 1 aromatic rings. The zero-order valence-electron chi connectivity index (χ0n) is 10.2. The summed E-state index contributed by atoms with van der Waals surface area (Å²) in [4.78, 5) is 11.0. The number of hydrogen-bond donors (Lipinski definition) is 2. The second-order valence-corrected chi connectivity index (χ2v) is 6.38. The molecule has 0 heterocycles. The Morgan fingerprint density at radius 1 is 1.53 bits per heavy atom. The Kier molecular flexibility index (Phi) is 5.92. The Balaban J connectivity index is 2.91. The lowest BCUT2D eigenvalue weighted by Gasteiger charge is -2.14. The number of aliphatic carboxylic acids is 1. The van der Waals surface area contributed by atoms with Gasteiger partial charge in [0.25, 0.3) is 0 Å². The molecule has 0 aliphatic heterocycles. The van der Waals surface area contributed by atoms with Crippen LogP contribution in [0.3, 0.4) is 0 Å². The molecule has 0 saturated heterocycles. The molecular weight excluding hydrogens is 338 g/mol. The van der Waals surface area contributed by atoms with Gasteiger partial charge in [0.15, 0.2) is 0 Å². The molecule has 1 unspecified atom stereocenters. The number of halogens is 1. The molecule has 2 N–H and O–H groups in total.